The summed E-state index contributed by atoms with van der Waals surface area (Å²) in [5.74, 6) is 1.44. The van der Waals surface area contributed by atoms with Crippen LogP contribution in [-0.4, -0.2) is 27.7 Å². The van der Waals surface area contributed by atoms with Gasteiger partial charge in [-0.1, -0.05) is 0 Å². The summed E-state index contributed by atoms with van der Waals surface area (Å²) >= 11 is 1.53. The molecule has 4 N–H and O–H groups in total. The lowest BCUT2D eigenvalue weighted by Gasteiger charge is -2.11. The van der Waals surface area contributed by atoms with Crippen LogP contribution in [0.3, 0.4) is 0 Å². The average Bonchev–Trinajstić information content (AvgIpc) is 3.05. The highest BCUT2D eigenvalue weighted by Gasteiger charge is 2.29. The number of anilines is 2. The van der Waals surface area contributed by atoms with Gasteiger partial charge in [0.2, 0.25) is 5.95 Å². The highest BCUT2D eigenvalue weighted by molar-refractivity contribution is 7.16. The van der Waals surface area contributed by atoms with Crippen molar-refractivity contribution in [2.45, 2.75) is 18.9 Å². The summed E-state index contributed by atoms with van der Waals surface area (Å²) in [4.78, 5) is 9.21. The molecule has 3 rings (SSSR count). The first-order chi connectivity index (χ1) is 8.24. The topological polar surface area (TPSA) is 84.1 Å². The molecule has 1 aliphatic rings. The third-order valence-electron chi connectivity index (χ3n) is 2.99. The third kappa shape index (κ3) is 2.18. The number of nitrogens with one attached hydrogen (secondary N) is 1. The van der Waals surface area contributed by atoms with Gasteiger partial charge in [0.1, 0.15) is 10.6 Å². The number of nitrogen functional groups attached to an aromatic ring is 1. The lowest BCUT2D eigenvalue weighted by atomic mass is 10.2. The van der Waals surface area contributed by atoms with Gasteiger partial charge in [-0.25, -0.2) is 4.98 Å². The largest absolute Gasteiger partial charge is 0.391 e. The number of hydrogen-bond donors (Lipinski definition) is 3. The van der Waals surface area contributed by atoms with Gasteiger partial charge in [-0.2, -0.15) is 4.98 Å². The van der Waals surface area contributed by atoms with Crippen molar-refractivity contribution in [1.29, 1.82) is 0 Å². The number of aliphatic hydroxyl groups excluding tert-OH is 1. The second-order valence-electron chi connectivity index (χ2n) is 4.36. The molecule has 6 heteroatoms. The Labute approximate surface area is 103 Å². The minimum Gasteiger partial charge on any atom is -0.391 e. The van der Waals surface area contributed by atoms with E-state index in [1.165, 1.54) is 11.3 Å². The first kappa shape index (κ1) is 10.7. The van der Waals surface area contributed by atoms with Crippen LogP contribution in [0.4, 0.5) is 11.8 Å². The van der Waals surface area contributed by atoms with Gasteiger partial charge >= 0.3 is 0 Å². The quantitative estimate of drug-likeness (QED) is 0.765. The van der Waals surface area contributed by atoms with E-state index in [0.717, 1.165) is 23.1 Å². The monoisotopic (exact) mass is 250 g/mol. The van der Waals surface area contributed by atoms with Gasteiger partial charge in [-0.15, -0.1) is 11.3 Å². The molecule has 0 amide bonds. The van der Waals surface area contributed by atoms with Crippen molar-refractivity contribution >= 4 is 33.3 Å². The Morgan fingerprint density at radius 1 is 1.53 bits per heavy atom. The molecular formula is C11H14N4OS. The van der Waals surface area contributed by atoms with Gasteiger partial charge in [0.15, 0.2) is 0 Å². The van der Waals surface area contributed by atoms with E-state index in [-0.39, 0.29) is 12.1 Å². The second kappa shape index (κ2) is 4.12. The Bertz CT molecular complexity index is 537. The van der Waals surface area contributed by atoms with Crippen molar-refractivity contribution < 1.29 is 5.11 Å². The van der Waals surface area contributed by atoms with E-state index in [1.54, 1.807) is 0 Å². The fraction of sp³-hybridized carbons (Fsp3) is 0.455. The molecule has 1 unspecified atom stereocenters. The number of fused-ring (bicyclic) bond motifs is 1. The molecule has 0 aromatic carbocycles. The van der Waals surface area contributed by atoms with Crippen LogP contribution in [0.15, 0.2) is 11.4 Å². The predicted octanol–water partition coefficient (Wildman–Crippen LogP) is 1.46. The Kier molecular flexibility index (Phi) is 2.60. The van der Waals surface area contributed by atoms with Crippen LogP contribution >= 0.6 is 11.3 Å². The Balaban J connectivity index is 1.80. The van der Waals surface area contributed by atoms with Gasteiger partial charge in [0.25, 0.3) is 0 Å². The molecule has 0 aliphatic heterocycles. The SMILES string of the molecule is Nc1nc(NCC(O)C2CC2)c2ccsc2n1. The molecule has 1 fully saturated rings. The van der Waals surface area contributed by atoms with E-state index in [1.807, 2.05) is 11.4 Å². The lowest BCUT2D eigenvalue weighted by molar-refractivity contribution is 0.164. The molecule has 0 bridgehead atoms. The molecule has 1 atom stereocenters. The highest BCUT2D eigenvalue weighted by Crippen LogP contribution is 2.33. The van der Waals surface area contributed by atoms with Crippen molar-refractivity contribution in [2.75, 3.05) is 17.6 Å². The molecular weight excluding hydrogens is 236 g/mol. The first-order valence-electron chi connectivity index (χ1n) is 5.66. The molecule has 1 aliphatic carbocycles. The molecule has 0 radical (unpaired) electrons. The fourth-order valence-electron chi connectivity index (χ4n) is 1.86. The maximum absolute atomic E-state index is 9.81. The van der Waals surface area contributed by atoms with E-state index >= 15 is 0 Å². The summed E-state index contributed by atoms with van der Waals surface area (Å²) in [6, 6.07) is 1.96. The summed E-state index contributed by atoms with van der Waals surface area (Å²) in [5.41, 5.74) is 5.64. The van der Waals surface area contributed by atoms with Gasteiger partial charge in [-0.3, -0.25) is 0 Å². The van der Waals surface area contributed by atoms with Crippen molar-refractivity contribution in [2.24, 2.45) is 5.92 Å². The van der Waals surface area contributed by atoms with Crippen LogP contribution in [-0.2, 0) is 0 Å². The van der Waals surface area contributed by atoms with E-state index in [0.29, 0.717) is 18.3 Å². The maximum Gasteiger partial charge on any atom is 0.223 e. The molecule has 2 aromatic heterocycles. The summed E-state index contributed by atoms with van der Waals surface area (Å²) < 4.78 is 0. The van der Waals surface area contributed by atoms with Gasteiger partial charge in [0, 0.05) is 6.54 Å². The lowest BCUT2D eigenvalue weighted by Crippen LogP contribution is -2.22. The Morgan fingerprint density at radius 3 is 3.12 bits per heavy atom. The first-order valence-corrected chi connectivity index (χ1v) is 6.54. The average molecular weight is 250 g/mol. The van der Waals surface area contributed by atoms with E-state index < -0.39 is 0 Å². The van der Waals surface area contributed by atoms with Crippen molar-refractivity contribution in [1.82, 2.24) is 9.97 Å². The van der Waals surface area contributed by atoms with Gasteiger partial charge < -0.3 is 16.2 Å². The highest BCUT2D eigenvalue weighted by atomic mass is 32.1. The van der Waals surface area contributed by atoms with Crippen molar-refractivity contribution in [3.63, 3.8) is 0 Å². The molecule has 2 aromatic rings. The second-order valence-corrected chi connectivity index (χ2v) is 5.25. The number of thiophene rings is 1. The zero-order valence-electron chi connectivity index (χ0n) is 9.26. The van der Waals surface area contributed by atoms with Crippen LogP contribution in [0.1, 0.15) is 12.8 Å². The zero-order valence-corrected chi connectivity index (χ0v) is 10.1. The molecule has 5 nitrogen and oxygen atoms in total. The van der Waals surface area contributed by atoms with Crippen LogP contribution in [0.2, 0.25) is 0 Å². The third-order valence-corrected chi connectivity index (χ3v) is 3.79. The number of aromatic nitrogens is 2. The molecule has 0 spiro atoms. The number of aliphatic hydroxyl groups is 1. The van der Waals surface area contributed by atoms with E-state index in [9.17, 15) is 5.11 Å². The van der Waals surface area contributed by atoms with Crippen LogP contribution < -0.4 is 11.1 Å². The normalized spacial score (nSPS) is 17.2. The zero-order chi connectivity index (χ0) is 11.8. The van der Waals surface area contributed by atoms with Crippen LogP contribution in [0, 0.1) is 5.92 Å². The van der Waals surface area contributed by atoms with E-state index in [2.05, 4.69) is 15.3 Å². The molecule has 90 valence electrons. The minimum atomic E-state index is -0.292. The molecule has 2 heterocycles. The van der Waals surface area contributed by atoms with Crippen molar-refractivity contribution in [3.8, 4) is 0 Å². The number of nitrogens with two attached hydrogens (primary N) is 1. The molecule has 1 saturated carbocycles. The predicted molar refractivity (Wildman–Crippen MR) is 69.0 cm³/mol. The summed E-state index contributed by atoms with van der Waals surface area (Å²) in [5, 5.41) is 15.9. The Hall–Kier alpha value is -1.40. The summed E-state index contributed by atoms with van der Waals surface area (Å²) in [6.07, 6.45) is 1.96. The van der Waals surface area contributed by atoms with Crippen molar-refractivity contribution in [3.05, 3.63) is 11.4 Å². The van der Waals surface area contributed by atoms with Gasteiger partial charge in [0.05, 0.1) is 11.5 Å². The smallest absolute Gasteiger partial charge is 0.223 e. The maximum atomic E-state index is 9.81. The molecule has 17 heavy (non-hydrogen) atoms. The minimum absolute atomic E-state index is 0.267. The van der Waals surface area contributed by atoms with Crippen LogP contribution in [0.5, 0.6) is 0 Å². The number of rotatable bonds is 4. The van der Waals surface area contributed by atoms with Gasteiger partial charge in [-0.05, 0) is 30.2 Å². The Morgan fingerprint density at radius 2 is 2.35 bits per heavy atom. The molecule has 0 saturated heterocycles. The summed E-state index contributed by atoms with van der Waals surface area (Å²) in [6.45, 7) is 0.520. The summed E-state index contributed by atoms with van der Waals surface area (Å²) in [7, 11) is 0. The number of nitrogens with zero attached hydrogens (tertiary/aromatic N) is 2. The fourth-order valence-corrected chi connectivity index (χ4v) is 2.63. The van der Waals surface area contributed by atoms with E-state index in [4.69, 9.17) is 5.73 Å². The number of hydrogen-bond acceptors (Lipinski definition) is 6. The standard InChI is InChI=1S/C11H14N4OS/c12-11-14-9(7-3-4-17-10(7)15-11)13-5-8(16)6-1-2-6/h3-4,6,8,16H,1-2,5H2,(H3,12,13,14,15). The van der Waals surface area contributed by atoms with Crippen LogP contribution in [0.25, 0.3) is 10.2 Å².